The molecule has 17 heavy (non-hydrogen) atoms. The number of imide groups is 1. The summed E-state index contributed by atoms with van der Waals surface area (Å²) in [5.41, 5.74) is 1.02. The molecule has 1 aromatic carbocycles. The Balaban J connectivity index is 2.03. The van der Waals surface area contributed by atoms with Gasteiger partial charge >= 0.3 is 0 Å². The fraction of sp³-hybridized carbons (Fsp3) is 0.250. The number of piperidine rings is 1. The third kappa shape index (κ3) is 1.41. The summed E-state index contributed by atoms with van der Waals surface area (Å²) in [6, 6.07) is 6.85. The monoisotopic (exact) mass is 290 g/mol. The summed E-state index contributed by atoms with van der Waals surface area (Å²) >= 11 is 3.29. The van der Waals surface area contributed by atoms with E-state index in [1.54, 1.807) is 18.2 Å². The van der Waals surface area contributed by atoms with Gasteiger partial charge in [0.05, 0.1) is 29.2 Å². The van der Waals surface area contributed by atoms with Crippen LogP contribution >= 0.6 is 15.9 Å². The van der Waals surface area contributed by atoms with Crippen LogP contribution in [0.5, 0.6) is 0 Å². The van der Waals surface area contributed by atoms with Gasteiger partial charge in [0.25, 0.3) is 0 Å². The highest BCUT2D eigenvalue weighted by Gasteiger charge is 2.59. The SMILES string of the molecule is N#Cc1ccc(N2C(=O)C3CC3C2=O)c(Br)c1. The zero-order valence-electron chi connectivity index (χ0n) is 8.68. The lowest BCUT2D eigenvalue weighted by Gasteiger charge is -2.17. The number of fused-ring (bicyclic) bond motifs is 1. The van der Waals surface area contributed by atoms with E-state index in [0.29, 0.717) is 22.1 Å². The molecule has 2 aliphatic rings. The molecule has 5 heteroatoms. The molecule has 1 aromatic rings. The lowest BCUT2D eigenvalue weighted by atomic mass is 10.2. The predicted octanol–water partition coefficient (Wildman–Crippen LogP) is 1.83. The van der Waals surface area contributed by atoms with Crippen LogP contribution < -0.4 is 4.90 Å². The minimum Gasteiger partial charge on any atom is -0.274 e. The molecular weight excluding hydrogens is 284 g/mol. The molecule has 1 aliphatic carbocycles. The van der Waals surface area contributed by atoms with Gasteiger partial charge in [-0.25, -0.2) is 4.90 Å². The zero-order chi connectivity index (χ0) is 12.2. The number of carbonyl (C=O) groups is 2. The number of anilines is 1. The smallest absolute Gasteiger partial charge is 0.237 e. The fourth-order valence-electron chi connectivity index (χ4n) is 2.18. The van der Waals surface area contributed by atoms with E-state index in [0.717, 1.165) is 0 Å². The Bertz CT molecular complexity index is 571. The van der Waals surface area contributed by atoms with Crippen LogP contribution in [0.2, 0.25) is 0 Å². The summed E-state index contributed by atoms with van der Waals surface area (Å²) in [4.78, 5) is 25.0. The lowest BCUT2D eigenvalue weighted by molar-refractivity contribution is -0.123. The van der Waals surface area contributed by atoms with E-state index < -0.39 is 0 Å². The largest absolute Gasteiger partial charge is 0.274 e. The summed E-state index contributed by atoms with van der Waals surface area (Å²) in [5, 5.41) is 8.75. The third-order valence-corrected chi connectivity index (χ3v) is 3.82. The highest BCUT2D eigenvalue weighted by molar-refractivity contribution is 9.10. The maximum absolute atomic E-state index is 11.9. The van der Waals surface area contributed by atoms with Gasteiger partial charge in [-0.2, -0.15) is 5.26 Å². The van der Waals surface area contributed by atoms with Gasteiger partial charge in [0, 0.05) is 4.47 Å². The summed E-state index contributed by atoms with van der Waals surface area (Å²) in [6.45, 7) is 0. The molecule has 1 aliphatic heterocycles. The van der Waals surface area contributed by atoms with Crippen molar-refractivity contribution in [1.29, 1.82) is 5.26 Å². The van der Waals surface area contributed by atoms with Gasteiger partial charge in [0.2, 0.25) is 11.8 Å². The van der Waals surface area contributed by atoms with Crippen molar-refractivity contribution in [1.82, 2.24) is 0 Å². The summed E-state index contributed by atoms with van der Waals surface area (Å²) in [7, 11) is 0. The fourth-order valence-corrected chi connectivity index (χ4v) is 2.73. The van der Waals surface area contributed by atoms with Gasteiger partial charge in [-0.15, -0.1) is 0 Å². The quantitative estimate of drug-likeness (QED) is 0.742. The number of rotatable bonds is 1. The van der Waals surface area contributed by atoms with Crippen molar-refractivity contribution in [2.75, 3.05) is 4.90 Å². The van der Waals surface area contributed by atoms with E-state index >= 15 is 0 Å². The number of amides is 2. The average molecular weight is 291 g/mol. The van der Waals surface area contributed by atoms with E-state index in [9.17, 15) is 9.59 Å². The first-order chi connectivity index (χ1) is 8.13. The second-order valence-corrected chi connectivity index (χ2v) is 5.09. The molecule has 4 nitrogen and oxygen atoms in total. The average Bonchev–Trinajstić information content (AvgIpc) is 3.06. The van der Waals surface area contributed by atoms with Crippen LogP contribution in [0.3, 0.4) is 0 Å². The Kier molecular flexibility index (Phi) is 2.10. The molecule has 3 rings (SSSR count). The van der Waals surface area contributed by atoms with Crippen molar-refractivity contribution in [3.05, 3.63) is 28.2 Å². The number of nitriles is 1. The Labute approximate surface area is 106 Å². The van der Waals surface area contributed by atoms with Crippen molar-refractivity contribution in [3.63, 3.8) is 0 Å². The van der Waals surface area contributed by atoms with E-state index in [-0.39, 0.29) is 23.7 Å². The van der Waals surface area contributed by atoms with Gasteiger partial charge in [0.15, 0.2) is 0 Å². The Hall–Kier alpha value is -1.67. The van der Waals surface area contributed by atoms with Crippen LogP contribution in [0.1, 0.15) is 12.0 Å². The molecule has 84 valence electrons. The molecule has 1 saturated carbocycles. The van der Waals surface area contributed by atoms with Gasteiger partial charge in [0.1, 0.15) is 0 Å². The molecule has 0 spiro atoms. The molecule has 1 saturated heterocycles. The Morgan fingerprint density at radius 2 is 1.94 bits per heavy atom. The van der Waals surface area contributed by atoms with Crippen LogP contribution in [0, 0.1) is 23.2 Å². The molecule has 0 radical (unpaired) electrons. The standard InChI is InChI=1S/C12H7BrN2O2/c13-9-3-6(5-14)1-2-10(9)15-11(16)7-4-8(7)12(15)17/h1-3,7-8H,4H2. The Morgan fingerprint density at radius 3 is 2.47 bits per heavy atom. The minimum atomic E-state index is -0.120. The second-order valence-electron chi connectivity index (χ2n) is 4.24. The first kappa shape index (κ1) is 10.5. The number of nitrogens with zero attached hydrogens (tertiary/aromatic N) is 2. The third-order valence-electron chi connectivity index (χ3n) is 3.18. The number of carbonyl (C=O) groups excluding carboxylic acids is 2. The van der Waals surface area contributed by atoms with Crippen molar-refractivity contribution in [3.8, 4) is 6.07 Å². The summed E-state index contributed by atoms with van der Waals surface area (Å²) in [5.74, 6) is -0.453. The molecule has 2 atom stereocenters. The van der Waals surface area contributed by atoms with E-state index in [1.807, 2.05) is 6.07 Å². The molecule has 2 unspecified atom stereocenters. The first-order valence-electron chi connectivity index (χ1n) is 5.21. The van der Waals surface area contributed by atoms with Crippen LogP contribution in [0.25, 0.3) is 0 Å². The molecule has 0 bridgehead atoms. The minimum absolute atomic E-state index is 0.106. The van der Waals surface area contributed by atoms with E-state index in [1.165, 1.54) is 4.90 Å². The highest BCUT2D eigenvalue weighted by atomic mass is 79.9. The topological polar surface area (TPSA) is 61.2 Å². The summed E-state index contributed by atoms with van der Waals surface area (Å²) in [6.07, 6.45) is 0.696. The van der Waals surface area contributed by atoms with Gasteiger partial charge in [-0.1, -0.05) is 0 Å². The maximum atomic E-state index is 11.9. The predicted molar refractivity (Wildman–Crippen MR) is 62.9 cm³/mol. The number of halogens is 1. The van der Waals surface area contributed by atoms with Crippen LogP contribution in [-0.4, -0.2) is 11.8 Å². The van der Waals surface area contributed by atoms with E-state index in [2.05, 4.69) is 15.9 Å². The van der Waals surface area contributed by atoms with Crippen molar-refractivity contribution < 1.29 is 9.59 Å². The molecule has 0 aromatic heterocycles. The van der Waals surface area contributed by atoms with Gasteiger partial charge in [-0.05, 0) is 40.5 Å². The maximum Gasteiger partial charge on any atom is 0.237 e. The number of benzene rings is 1. The molecular formula is C12H7BrN2O2. The van der Waals surface area contributed by atoms with Gasteiger partial charge in [-0.3, -0.25) is 9.59 Å². The first-order valence-corrected chi connectivity index (χ1v) is 6.00. The second kappa shape index (κ2) is 3.41. The summed E-state index contributed by atoms with van der Waals surface area (Å²) < 4.78 is 0.597. The molecule has 1 heterocycles. The molecule has 2 fully saturated rings. The van der Waals surface area contributed by atoms with Gasteiger partial charge < -0.3 is 0 Å². The highest BCUT2D eigenvalue weighted by Crippen LogP contribution is 2.49. The zero-order valence-corrected chi connectivity index (χ0v) is 10.3. The van der Waals surface area contributed by atoms with Crippen LogP contribution in [0.15, 0.2) is 22.7 Å². The van der Waals surface area contributed by atoms with Crippen molar-refractivity contribution in [2.24, 2.45) is 11.8 Å². The van der Waals surface area contributed by atoms with Crippen LogP contribution in [-0.2, 0) is 9.59 Å². The normalized spacial score (nSPS) is 25.8. The van der Waals surface area contributed by atoms with Crippen molar-refractivity contribution in [2.45, 2.75) is 6.42 Å². The number of hydrogen-bond acceptors (Lipinski definition) is 3. The van der Waals surface area contributed by atoms with Crippen molar-refractivity contribution >= 4 is 33.4 Å². The molecule has 0 N–H and O–H groups in total. The Morgan fingerprint density at radius 1 is 1.29 bits per heavy atom. The lowest BCUT2D eigenvalue weighted by Crippen LogP contribution is -2.33. The molecule has 2 amide bonds. The van der Waals surface area contributed by atoms with E-state index in [4.69, 9.17) is 5.26 Å². The number of hydrogen-bond donors (Lipinski definition) is 0. The van der Waals surface area contributed by atoms with Crippen LogP contribution in [0.4, 0.5) is 5.69 Å².